The van der Waals surface area contributed by atoms with Crippen molar-refractivity contribution in [3.05, 3.63) is 179 Å². The van der Waals surface area contributed by atoms with Crippen LogP contribution in [0.3, 0.4) is 0 Å². The number of aryl methyl sites for hydroxylation is 7. The van der Waals surface area contributed by atoms with E-state index in [4.69, 9.17) is 23.7 Å². The van der Waals surface area contributed by atoms with Crippen LogP contribution in [0.5, 0.6) is 28.7 Å². The van der Waals surface area contributed by atoms with Gasteiger partial charge in [0.15, 0.2) is 0 Å². The van der Waals surface area contributed by atoms with Crippen molar-refractivity contribution in [1.29, 1.82) is 0 Å². The largest absolute Gasteiger partial charge is 0.496 e. The average Bonchev–Trinajstić information content (AvgIpc) is 3.37. The highest BCUT2D eigenvalue weighted by molar-refractivity contribution is 7.84. The maximum atomic E-state index is 13.9. The number of hydrogen-bond acceptors (Lipinski definition) is 11. The van der Waals surface area contributed by atoms with Gasteiger partial charge in [0.05, 0.1) is 64.3 Å². The smallest absolute Gasteiger partial charge is 0.123 e. The first kappa shape index (κ1) is 59.9. The van der Waals surface area contributed by atoms with E-state index in [9.17, 15) is 25.3 Å². The lowest BCUT2D eigenvalue weighted by Gasteiger charge is -2.17. The summed E-state index contributed by atoms with van der Waals surface area (Å²) in [6, 6.07) is 23.5. The second-order valence-electron chi connectivity index (χ2n) is 20.0. The van der Waals surface area contributed by atoms with Crippen LogP contribution in [0.15, 0.2) is 72.8 Å². The van der Waals surface area contributed by atoms with E-state index in [0.717, 1.165) is 106 Å². The highest BCUT2D eigenvalue weighted by Gasteiger charge is 2.22. The Labute approximate surface area is 470 Å². The molecule has 77 heavy (non-hydrogen) atoms. The lowest BCUT2D eigenvalue weighted by molar-refractivity contribution is 0.410. The third-order valence-corrected chi connectivity index (χ3v) is 21.9. The summed E-state index contributed by atoms with van der Waals surface area (Å²) in [6.07, 6.45) is 0. The molecule has 16 aliphatic rings. The topological polar surface area (TPSA) is 149 Å². The van der Waals surface area contributed by atoms with Crippen LogP contribution < -0.4 is 23.7 Å². The Morgan fingerprint density at radius 2 is 0.338 bits per heavy atom. The average molecular weight is 1160 g/mol. The fourth-order valence-electron chi connectivity index (χ4n) is 9.88. The molecule has 0 N–H and O–H groups in total. The molecule has 0 amide bonds. The number of rotatable bonds is 5. The molecule has 5 unspecified atom stereocenters. The van der Waals surface area contributed by atoms with E-state index in [1.807, 2.05) is 109 Å². The summed E-state index contributed by atoms with van der Waals surface area (Å²) < 4.78 is 112. The van der Waals surface area contributed by atoms with E-state index in [0.29, 0.717) is 40.3 Å². The maximum Gasteiger partial charge on any atom is 0.123 e. The van der Waals surface area contributed by atoms with Gasteiger partial charge in [-0.3, -0.25) is 25.3 Å². The highest BCUT2D eigenvalue weighted by atomic mass is 32.2. The van der Waals surface area contributed by atoms with Crippen LogP contribution in [0.4, 0.5) is 0 Å². The number of benzene rings is 6. The second kappa shape index (κ2) is 26.9. The van der Waals surface area contributed by atoms with Crippen molar-refractivity contribution in [2.24, 2.45) is 0 Å². The standard InChI is InChI=1S/C60H72O11S6/c1-37-14-45-26-74(63)33-52-18-42(6)49(23-59(52)70-11)30-77(66)36-55-19-43(7)50(24-60(55)71-12)31-76(65)35-54-16-40(4)47(21-57(54)68-9)28-72(61)27-46-20-56(67-8)53(15-39(46)3)34-75(64)29-48-22-58(69-10)51(17-41(48)5)32-73(62)25-44(37)13-38(45)2/h13-24H,25-36H2,1-12H3/t72?,73-,74?,75?,76?,77?/m0/s1. The van der Waals surface area contributed by atoms with Gasteiger partial charge in [-0.2, -0.15) is 0 Å². The molecule has 0 fully saturated rings. The first-order chi connectivity index (χ1) is 36.7. The molecule has 12 bridgehead atoms. The fourth-order valence-corrected chi connectivity index (χ4v) is 18.0. The Balaban J connectivity index is 1.18. The zero-order valence-electron chi connectivity index (χ0n) is 46.4. The Kier molecular flexibility index (Phi) is 20.9. The van der Waals surface area contributed by atoms with Crippen molar-refractivity contribution in [1.82, 2.24) is 0 Å². The van der Waals surface area contributed by atoms with E-state index >= 15 is 0 Å². The molecule has 0 saturated carbocycles. The van der Waals surface area contributed by atoms with Crippen molar-refractivity contribution in [2.45, 2.75) is 118 Å². The summed E-state index contributed by atoms with van der Waals surface area (Å²) in [6.45, 7) is 13.8. The van der Waals surface area contributed by atoms with E-state index in [1.54, 1.807) is 35.5 Å². The fraction of sp³-hybridized carbons (Fsp3) is 0.400. The molecule has 16 aliphatic heterocycles. The lowest BCUT2D eigenvalue weighted by Crippen LogP contribution is -2.09. The van der Waals surface area contributed by atoms with Gasteiger partial charge in [-0.25, -0.2) is 0 Å². The Morgan fingerprint density at radius 1 is 0.221 bits per heavy atom. The summed E-state index contributed by atoms with van der Waals surface area (Å²) >= 11 is 0. The number of ether oxygens (including phenoxy) is 5. The van der Waals surface area contributed by atoms with E-state index in [2.05, 4.69) is 12.1 Å². The van der Waals surface area contributed by atoms with E-state index < -0.39 is 64.8 Å². The van der Waals surface area contributed by atoms with Crippen molar-refractivity contribution < 1.29 is 48.9 Å². The minimum atomic E-state index is -1.33. The number of methoxy groups -OCH3 is 5. The molecule has 0 radical (unpaired) electrons. The van der Waals surface area contributed by atoms with Crippen LogP contribution in [0.25, 0.3) is 0 Å². The molecule has 11 nitrogen and oxygen atoms in total. The Hall–Kier alpha value is -4.78. The summed E-state index contributed by atoms with van der Waals surface area (Å²) in [5.74, 6) is 6.23. The quantitative estimate of drug-likeness (QED) is 0.162. The lowest BCUT2D eigenvalue weighted by atomic mass is 10.0. The Morgan fingerprint density at radius 3 is 0.481 bits per heavy atom. The van der Waals surface area contributed by atoms with Gasteiger partial charge in [0.25, 0.3) is 0 Å². The van der Waals surface area contributed by atoms with Crippen LogP contribution in [-0.2, 0) is 134 Å². The van der Waals surface area contributed by atoms with Crippen molar-refractivity contribution in [3.8, 4) is 28.7 Å². The molecule has 6 aromatic carbocycles. The molecule has 0 spiro atoms. The monoisotopic (exact) mass is 1160 g/mol. The van der Waals surface area contributed by atoms with Gasteiger partial charge in [0.1, 0.15) is 28.7 Å². The van der Waals surface area contributed by atoms with Gasteiger partial charge >= 0.3 is 0 Å². The predicted octanol–water partition coefficient (Wildman–Crippen LogP) is 10.9. The van der Waals surface area contributed by atoms with Gasteiger partial charge in [0, 0.05) is 133 Å². The summed E-state index contributed by atoms with van der Waals surface area (Å²) in [4.78, 5) is 0. The summed E-state index contributed by atoms with van der Waals surface area (Å²) in [5, 5.41) is 0. The Bertz CT molecular complexity index is 3350. The van der Waals surface area contributed by atoms with Crippen LogP contribution in [0.1, 0.15) is 106 Å². The van der Waals surface area contributed by atoms with E-state index in [-0.39, 0.29) is 57.5 Å². The van der Waals surface area contributed by atoms with Crippen LogP contribution in [-0.4, -0.2) is 60.8 Å². The van der Waals surface area contributed by atoms with Crippen molar-refractivity contribution in [3.63, 3.8) is 0 Å². The second-order valence-corrected chi connectivity index (χ2v) is 28.8. The molecule has 17 heteroatoms. The van der Waals surface area contributed by atoms with Crippen molar-refractivity contribution in [2.75, 3.05) is 35.5 Å². The van der Waals surface area contributed by atoms with Crippen LogP contribution in [0, 0.1) is 48.5 Å². The summed E-state index contributed by atoms with van der Waals surface area (Å²) in [7, 11) is 0.0547. The SMILES string of the molecule is COc1cc2c(C)cc1CS(=O)Cc1cc(OC)c(cc1C)CS(=O)Cc1cc(OC)c(cc1C)CS(=O)Cc1cc(C)c(cc1C)C[S@](=O)Cc1cc(C)c(cc1OC)CS(=O)Cc1cc(C)c(cc1OC)CS(=O)C2. The first-order valence-corrected chi connectivity index (χ1v) is 34.1. The third kappa shape index (κ3) is 15.3. The maximum absolute atomic E-state index is 13.9. The molecule has 6 atom stereocenters. The predicted molar refractivity (Wildman–Crippen MR) is 318 cm³/mol. The van der Waals surface area contributed by atoms with Gasteiger partial charge < -0.3 is 23.7 Å². The molecule has 414 valence electrons. The van der Waals surface area contributed by atoms with Gasteiger partial charge in [-0.05, 0) is 157 Å². The zero-order valence-corrected chi connectivity index (χ0v) is 51.3. The first-order valence-electron chi connectivity index (χ1n) is 25.2. The van der Waals surface area contributed by atoms with Gasteiger partial charge in [0.2, 0.25) is 0 Å². The molecule has 16 heterocycles. The minimum absolute atomic E-state index is 0.241. The van der Waals surface area contributed by atoms with Crippen LogP contribution in [0.2, 0.25) is 0 Å². The zero-order chi connectivity index (χ0) is 55.8. The molecule has 6 aromatic rings. The third-order valence-electron chi connectivity index (χ3n) is 14.3. The van der Waals surface area contributed by atoms with Gasteiger partial charge in [-0.1, -0.05) is 42.5 Å². The number of hydrogen-bond donors (Lipinski definition) is 0. The highest BCUT2D eigenvalue weighted by Crippen LogP contribution is 2.34. The molecule has 0 aromatic heterocycles. The molecule has 22 rings (SSSR count). The minimum Gasteiger partial charge on any atom is -0.496 e. The van der Waals surface area contributed by atoms with Crippen molar-refractivity contribution >= 4 is 64.8 Å². The van der Waals surface area contributed by atoms with Gasteiger partial charge in [-0.15, -0.1) is 0 Å². The molecular formula is C60H72O11S6. The molecule has 0 aliphatic carbocycles. The summed E-state index contributed by atoms with van der Waals surface area (Å²) in [5.41, 5.74) is 16.8. The molecule has 0 saturated heterocycles. The molecular weight excluding hydrogens is 1090 g/mol. The van der Waals surface area contributed by atoms with E-state index in [1.165, 1.54) is 0 Å². The normalized spacial score (nSPS) is 20.2. The van der Waals surface area contributed by atoms with Crippen LogP contribution >= 0.6 is 0 Å².